The van der Waals surface area contributed by atoms with E-state index < -0.39 is 0 Å². The molecule has 0 atom stereocenters. The molecule has 1 aromatic heterocycles. The number of aryl methyl sites for hydroxylation is 2. The molecule has 0 saturated heterocycles. The first-order valence-electron chi connectivity index (χ1n) is 7.96. The van der Waals surface area contributed by atoms with Crippen LogP contribution in [0.15, 0.2) is 52.9 Å². The van der Waals surface area contributed by atoms with Gasteiger partial charge in [0.25, 0.3) is 0 Å². The molecule has 0 bridgehead atoms. The third kappa shape index (κ3) is 5.14. The van der Waals surface area contributed by atoms with Gasteiger partial charge in [-0.1, -0.05) is 71.6 Å². The highest BCUT2D eigenvalue weighted by atomic mass is 32.2. The number of thioether (sulfide) groups is 1. The molecule has 0 spiro atoms. The zero-order valence-corrected chi connectivity index (χ0v) is 15.8. The lowest BCUT2D eigenvalue weighted by Gasteiger charge is -2.05. The first kappa shape index (κ1) is 17.6. The van der Waals surface area contributed by atoms with E-state index in [-0.39, 0.29) is 5.91 Å². The van der Waals surface area contributed by atoms with Crippen LogP contribution in [0.3, 0.4) is 0 Å². The first-order chi connectivity index (χ1) is 12.1. The Kier molecular flexibility index (Phi) is 5.83. The van der Waals surface area contributed by atoms with Crippen molar-refractivity contribution in [3.05, 3.63) is 70.8 Å². The van der Waals surface area contributed by atoms with E-state index in [1.807, 2.05) is 30.3 Å². The molecule has 0 fully saturated rings. The number of aromatic nitrogens is 2. The van der Waals surface area contributed by atoms with E-state index in [1.165, 1.54) is 28.0 Å². The zero-order valence-electron chi connectivity index (χ0n) is 14.2. The van der Waals surface area contributed by atoms with Gasteiger partial charge in [0.2, 0.25) is 11.0 Å². The summed E-state index contributed by atoms with van der Waals surface area (Å²) in [6.07, 6.45) is 0.340. The van der Waals surface area contributed by atoms with Crippen LogP contribution in [-0.4, -0.2) is 16.1 Å². The van der Waals surface area contributed by atoms with Gasteiger partial charge in [-0.2, -0.15) is 0 Å². The molecule has 6 heteroatoms. The summed E-state index contributed by atoms with van der Waals surface area (Å²) >= 11 is 3.03. The van der Waals surface area contributed by atoms with Crippen LogP contribution in [0.5, 0.6) is 0 Å². The average molecular weight is 370 g/mol. The van der Waals surface area contributed by atoms with E-state index in [1.54, 1.807) is 11.8 Å². The van der Waals surface area contributed by atoms with Crippen molar-refractivity contribution in [3.63, 3.8) is 0 Å². The summed E-state index contributed by atoms with van der Waals surface area (Å²) in [5.41, 5.74) is 4.67. The molecule has 0 unspecified atom stereocenters. The molecule has 0 saturated carbocycles. The summed E-state index contributed by atoms with van der Waals surface area (Å²) in [7, 11) is 0. The lowest BCUT2D eigenvalue weighted by atomic mass is 10.0. The van der Waals surface area contributed by atoms with Gasteiger partial charge in [0.1, 0.15) is 0 Å². The number of anilines is 1. The first-order valence-corrected chi connectivity index (χ1v) is 9.76. The van der Waals surface area contributed by atoms with Crippen molar-refractivity contribution < 1.29 is 4.79 Å². The minimum absolute atomic E-state index is 0.0704. The summed E-state index contributed by atoms with van der Waals surface area (Å²) in [5.74, 6) is 0.769. The van der Waals surface area contributed by atoms with Crippen molar-refractivity contribution in [2.24, 2.45) is 0 Å². The second-order valence-electron chi connectivity index (χ2n) is 5.79. The molecule has 3 rings (SSSR count). The summed E-state index contributed by atoms with van der Waals surface area (Å²) in [6.45, 7) is 4.12. The number of amides is 1. The summed E-state index contributed by atoms with van der Waals surface area (Å²) < 4.78 is 0.852. The highest BCUT2D eigenvalue weighted by Crippen LogP contribution is 2.28. The molecule has 128 valence electrons. The molecule has 4 nitrogen and oxygen atoms in total. The minimum Gasteiger partial charge on any atom is -0.300 e. The average Bonchev–Trinajstić information content (AvgIpc) is 3.04. The third-order valence-corrected chi connectivity index (χ3v) is 5.84. The summed E-state index contributed by atoms with van der Waals surface area (Å²) in [5, 5.41) is 11.6. The van der Waals surface area contributed by atoms with Crippen LogP contribution in [-0.2, 0) is 17.0 Å². The van der Waals surface area contributed by atoms with Gasteiger partial charge in [-0.05, 0) is 36.1 Å². The Morgan fingerprint density at radius 3 is 2.60 bits per heavy atom. The molecule has 1 N–H and O–H groups in total. The lowest BCUT2D eigenvalue weighted by Crippen LogP contribution is -2.14. The van der Waals surface area contributed by atoms with Gasteiger partial charge in [0.15, 0.2) is 4.34 Å². The fourth-order valence-corrected chi connectivity index (χ4v) is 4.02. The SMILES string of the molecule is Cc1ccc(CC(=O)Nc2nnc(SCc3ccccc3)s2)cc1C. The Hall–Kier alpha value is -2.18. The molecule has 1 heterocycles. The molecule has 25 heavy (non-hydrogen) atoms. The van der Waals surface area contributed by atoms with Crippen molar-refractivity contribution in [1.29, 1.82) is 0 Å². The number of hydrogen-bond donors (Lipinski definition) is 1. The molecule has 0 aliphatic heterocycles. The maximum absolute atomic E-state index is 12.2. The predicted octanol–water partition coefficient (Wildman–Crippen LogP) is 4.63. The number of nitrogens with zero attached hydrogens (tertiary/aromatic N) is 2. The second-order valence-corrected chi connectivity index (χ2v) is 7.99. The van der Waals surface area contributed by atoms with Crippen LogP contribution in [0.2, 0.25) is 0 Å². The molecule has 1 amide bonds. The Bertz CT molecular complexity index is 862. The standard InChI is InChI=1S/C19H19N3OS2/c1-13-8-9-16(10-14(13)2)11-17(23)20-18-21-22-19(25-18)24-12-15-6-4-3-5-7-15/h3-10H,11-12H2,1-2H3,(H,20,21,23). The normalized spacial score (nSPS) is 10.6. The Labute approximate surface area is 155 Å². The largest absolute Gasteiger partial charge is 0.300 e. The lowest BCUT2D eigenvalue weighted by molar-refractivity contribution is -0.115. The molecule has 3 aromatic rings. The van der Waals surface area contributed by atoms with E-state index >= 15 is 0 Å². The van der Waals surface area contributed by atoms with E-state index in [4.69, 9.17) is 0 Å². The second kappa shape index (κ2) is 8.27. The van der Waals surface area contributed by atoms with Gasteiger partial charge < -0.3 is 5.32 Å². The van der Waals surface area contributed by atoms with Crippen LogP contribution in [0, 0.1) is 13.8 Å². The quantitative estimate of drug-likeness (QED) is 0.508. The van der Waals surface area contributed by atoms with Crippen LogP contribution in [0.4, 0.5) is 5.13 Å². The Morgan fingerprint density at radius 1 is 1.04 bits per heavy atom. The molecular weight excluding hydrogens is 350 g/mol. The van der Waals surface area contributed by atoms with Gasteiger partial charge >= 0.3 is 0 Å². The Morgan fingerprint density at radius 2 is 1.84 bits per heavy atom. The number of nitrogens with one attached hydrogen (secondary N) is 1. The maximum Gasteiger partial charge on any atom is 0.230 e. The van der Waals surface area contributed by atoms with E-state index in [9.17, 15) is 4.79 Å². The smallest absolute Gasteiger partial charge is 0.230 e. The highest BCUT2D eigenvalue weighted by Gasteiger charge is 2.10. The summed E-state index contributed by atoms with van der Waals surface area (Å²) in [6, 6.07) is 16.3. The van der Waals surface area contributed by atoms with Crippen LogP contribution < -0.4 is 5.32 Å². The van der Waals surface area contributed by atoms with Gasteiger partial charge in [0, 0.05) is 5.75 Å². The number of hydrogen-bond acceptors (Lipinski definition) is 5. The third-order valence-electron chi connectivity index (χ3n) is 3.79. The minimum atomic E-state index is -0.0704. The van der Waals surface area contributed by atoms with Crippen molar-refractivity contribution in [2.75, 3.05) is 5.32 Å². The van der Waals surface area contributed by atoms with E-state index in [2.05, 4.69) is 47.6 Å². The van der Waals surface area contributed by atoms with Gasteiger partial charge in [-0.25, -0.2) is 0 Å². The summed E-state index contributed by atoms with van der Waals surface area (Å²) in [4.78, 5) is 12.2. The number of rotatable bonds is 6. The molecule has 0 aliphatic rings. The fourth-order valence-electron chi connectivity index (χ4n) is 2.30. The van der Waals surface area contributed by atoms with Crippen molar-refractivity contribution in [1.82, 2.24) is 10.2 Å². The Balaban J connectivity index is 1.53. The predicted molar refractivity (Wildman–Crippen MR) is 104 cm³/mol. The maximum atomic E-state index is 12.2. The molecule has 0 radical (unpaired) electrons. The van der Waals surface area contributed by atoms with Crippen molar-refractivity contribution in [3.8, 4) is 0 Å². The molecule has 2 aromatic carbocycles. The van der Waals surface area contributed by atoms with Crippen molar-refractivity contribution >= 4 is 34.1 Å². The van der Waals surface area contributed by atoms with Gasteiger partial charge in [-0.15, -0.1) is 10.2 Å². The van der Waals surface area contributed by atoms with Gasteiger partial charge in [0.05, 0.1) is 6.42 Å². The highest BCUT2D eigenvalue weighted by molar-refractivity contribution is 8.00. The van der Waals surface area contributed by atoms with Crippen LogP contribution in [0.1, 0.15) is 22.3 Å². The zero-order chi connectivity index (χ0) is 17.6. The van der Waals surface area contributed by atoms with Crippen molar-refractivity contribution in [2.45, 2.75) is 30.4 Å². The van der Waals surface area contributed by atoms with E-state index in [0.29, 0.717) is 11.6 Å². The number of benzene rings is 2. The van der Waals surface area contributed by atoms with Crippen LogP contribution in [0.25, 0.3) is 0 Å². The van der Waals surface area contributed by atoms with E-state index in [0.717, 1.165) is 15.7 Å². The topological polar surface area (TPSA) is 54.9 Å². The van der Waals surface area contributed by atoms with Gasteiger partial charge in [-0.3, -0.25) is 4.79 Å². The molecule has 0 aliphatic carbocycles. The monoisotopic (exact) mass is 369 g/mol. The van der Waals surface area contributed by atoms with Crippen LogP contribution >= 0.6 is 23.1 Å². The number of carbonyl (C=O) groups excluding carboxylic acids is 1. The molecular formula is C19H19N3OS2. The number of carbonyl (C=O) groups is 1. The fraction of sp³-hybridized carbons (Fsp3) is 0.211.